The highest BCUT2D eigenvalue weighted by Gasteiger charge is 2.22. The van der Waals surface area contributed by atoms with E-state index in [4.69, 9.17) is 9.47 Å². The van der Waals surface area contributed by atoms with Crippen molar-refractivity contribution in [1.29, 1.82) is 0 Å². The first-order chi connectivity index (χ1) is 8.02. The summed E-state index contributed by atoms with van der Waals surface area (Å²) < 4.78 is 9.83. The Bertz CT molecular complexity index is 286. The highest BCUT2D eigenvalue weighted by molar-refractivity contribution is 5.75. The zero-order valence-corrected chi connectivity index (χ0v) is 12.3. The minimum atomic E-state index is -0.533. The van der Waals surface area contributed by atoms with Crippen LogP contribution in [0.1, 0.15) is 41.5 Å². The van der Waals surface area contributed by atoms with E-state index in [2.05, 4.69) is 5.32 Å². The molecule has 106 valence electrons. The topological polar surface area (TPSA) is 64.6 Å². The molecule has 0 radical (unpaired) electrons. The molecule has 18 heavy (non-hydrogen) atoms. The van der Waals surface area contributed by atoms with Crippen molar-refractivity contribution in [2.45, 2.75) is 41.5 Å². The molecule has 0 spiro atoms. The normalized spacial score (nSPS) is 11.9. The molecule has 0 aliphatic heterocycles. The van der Waals surface area contributed by atoms with Crippen LogP contribution in [0.2, 0.25) is 0 Å². The smallest absolute Gasteiger partial charge is 0.407 e. The summed E-state index contributed by atoms with van der Waals surface area (Å²) >= 11 is 0. The highest BCUT2D eigenvalue weighted by Crippen LogP contribution is 2.14. The Labute approximate surface area is 109 Å². The van der Waals surface area contributed by atoms with Crippen molar-refractivity contribution in [2.24, 2.45) is 10.8 Å². The second-order valence-corrected chi connectivity index (χ2v) is 6.44. The molecule has 0 aliphatic carbocycles. The number of nitrogens with one attached hydrogen (secondary N) is 1. The largest absolute Gasteiger partial charge is 0.462 e. The molecule has 0 aliphatic rings. The molecule has 0 saturated heterocycles. The van der Waals surface area contributed by atoms with Gasteiger partial charge in [-0.05, 0) is 26.2 Å². The van der Waals surface area contributed by atoms with E-state index in [-0.39, 0.29) is 24.6 Å². The molecular weight excluding hydrogens is 234 g/mol. The van der Waals surface area contributed by atoms with Crippen molar-refractivity contribution < 1.29 is 19.1 Å². The zero-order valence-electron chi connectivity index (χ0n) is 12.3. The number of hydrogen-bond donors (Lipinski definition) is 1. The van der Waals surface area contributed by atoms with Gasteiger partial charge in [-0.15, -0.1) is 0 Å². The average Bonchev–Trinajstić information content (AvgIpc) is 2.18. The summed E-state index contributed by atoms with van der Waals surface area (Å²) in [5, 5.41) is 2.64. The van der Waals surface area contributed by atoms with Crippen molar-refractivity contribution in [1.82, 2.24) is 5.32 Å². The lowest BCUT2D eigenvalue weighted by atomic mass is 9.97. The molecule has 1 N–H and O–H groups in total. The molecule has 0 aromatic heterocycles. The summed E-state index contributed by atoms with van der Waals surface area (Å²) in [4.78, 5) is 22.6. The third kappa shape index (κ3) is 8.84. The van der Waals surface area contributed by atoms with Crippen molar-refractivity contribution >= 4 is 12.1 Å². The SMILES string of the molecule is CC(C)(C)CNC(=O)OCCOC(=O)C(C)(C)C. The maximum absolute atomic E-state index is 11.4. The van der Waals surface area contributed by atoms with Gasteiger partial charge in [-0.25, -0.2) is 4.79 Å². The first-order valence-electron chi connectivity index (χ1n) is 6.10. The van der Waals surface area contributed by atoms with E-state index in [1.54, 1.807) is 20.8 Å². The fourth-order valence-electron chi connectivity index (χ4n) is 0.874. The van der Waals surface area contributed by atoms with Gasteiger partial charge < -0.3 is 14.8 Å². The lowest BCUT2D eigenvalue weighted by Gasteiger charge is -2.19. The first kappa shape index (κ1) is 16.7. The Balaban J connectivity index is 3.68. The number of carbonyl (C=O) groups excluding carboxylic acids is 2. The Morgan fingerprint density at radius 1 is 0.944 bits per heavy atom. The monoisotopic (exact) mass is 259 g/mol. The van der Waals surface area contributed by atoms with Crippen LogP contribution in [-0.2, 0) is 14.3 Å². The molecule has 1 amide bonds. The Morgan fingerprint density at radius 3 is 1.89 bits per heavy atom. The van der Waals surface area contributed by atoms with Gasteiger partial charge in [0, 0.05) is 6.54 Å². The van der Waals surface area contributed by atoms with E-state index in [1.165, 1.54) is 0 Å². The molecule has 0 fully saturated rings. The Hall–Kier alpha value is -1.26. The second kappa shape index (κ2) is 6.61. The van der Waals surface area contributed by atoms with Crippen molar-refractivity contribution in [2.75, 3.05) is 19.8 Å². The van der Waals surface area contributed by atoms with Crippen LogP contribution in [0.15, 0.2) is 0 Å². The summed E-state index contributed by atoms with van der Waals surface area (Å²) in [6.07, 6.45) is -0.489. The molecule has 5 heteroatoms. The van der Waals surface area contributed by atoms with E-state index in [0.29, 0.717) is 6.54 Å². The quantitative estimate of drug-likeness (QED) is 0.621. The molecule has 0 aromatic carbocycles. The summed E-state index contributed by atoms with van der Waals surface area (Å²) in [6.45, 7) is 12.0. The zero-order chi connectivity index (χ0) is 14.4. The minimum Gasteiger partial charge on any atom is -0.462 e. The first-order valence-corrected chi connectivity index (χ1v) is 6.10. The van der Waals surface area contributed by atoms with Gasteiger partial charge in [-0.3, -0.25) is 4.79 Å². The van der Waals surface area contributed by atoms with Gasteiger partial charge in [0.2, 0.25) is 0 Å². The van der Waals surface area contributed by atoms with Crippen molar-refractivity contribution in [3.05, 3.63) is 0 Å². The van der Waals surface area contributed by atoms with E-state index in [0.717, 1.165) is 0 Å². The van der Waals surface area contributed by atoms with E-state index in [9.17, 15) is 9.59 Å². The molecule has 0 bridgehead atoms. The molecular formula is C13H25NO4. The van der Waals surface area contributed by atoms with Crippen molar-refractivity contribution in [3.8, 4) is 0 Å². The summed E-state index contributed by atoms with van der Waals surface area (Å²) in [6, 6.07) is 0. The van der Waals surface area contributed by atoms with Gasteiger partial charge >= 0.3 is 12.1 Å². The van der Waals surface area contributed by atoms with Gasteiger partial charge in [0.25, 0.3) is 0 Å². The molecule has 5 nitrogen and oxygen atoms in total. The standard InChI is InChI=1S/C13H25NO4/c1-12(2,3)9-14-11(16)18-8-7-17-10(15)13(4,5)6/h7-9H2,1-6H3,(H,14,16). The van der Waals surface area contributed by atoms with Crippen LogP contribution >= 0.6 is 0 Å². The van der Waals surface area contributed by atoms with Crippen LogP contribution in [0.25, 0.3) is 0 Å². The van der Waals surface area contributed by atoms with Gasteiger partial charge in [0.15, 0.2) is 0 Å². The number of amides is 1. The third-order valence-electron chi connectivity index (χ3n) is 1.93. The number of ether oxygens (including phenoxy) is 2. The van der Waals surface area contributed by atoms with Gasteiger partial charge in [-0.2, -0.15) is 0 Å². The van der Waals surface area contributed by atoms with Crippen LogP contribution in [0.5, 0.6) is 0 Å². The lowest BCUT2D eigenvalue weighted by Crippen LogP contribution is -2.33. The van der Waals surface area contributed by atoms with Gasteiger partial charge in [0.05, 0.1) is 5.41 Å². The Morgan fingerprint density at radius 2 is 1.44 bits per heavy atom. The number of carbonyl (C=O) groups is 2. The van der Waals surface area contributed by atoms with Crippen LogP contribution in [0.4, 0.5) is 4.79 Å². The van der Waals surface area contributed by atoms with Gasteiger partial charge in [-0.1, -0.05) is 20.8 Å². The highest BCUT2D eigenvalue weighted by atomic mass is 16.6. The van der Waals surface area contributed by atoms with Crippen LogP contribution < -0.4 is 5.32 Å². The fraction of sp³-hybridized carbons (Fsp3) is 0.846. The van der Waals surface area contributed by atoms with Gasteiger partial charge in [0.1, 0.15) is 13.2 Å². The maximum Gasteiger partial charge on any atom is 0.407 e. The number of rotatable bonds is 4. The lowest BCUT2D eigenvalue weighted by molar-refractivity contribution is -0.153. The number of hydrogen-bond acceptors (Lipinski definition) is 4. The maximum atomic E-state index is 11.4. The molecule has 0 aromatic rings. The summed E-state index contributed by atoms with van der Waals surface area (Å²) in [7, 11) is 0. The van der Waals surface area contributed by atoms with Crippen molar-refractivity contribution in [3.63, 3.8) is 0 Å². The second-order valence-electron chi connectivity index (χ2n) is 6.44. The van der Waals surface area contributed by atoms with Crippen LogP contribution in [0, 0.1) is 10.8 Å². The number of esters is 1. The summed E-state index contributed by atoms with van der Waals surface area (Å²) in [5.74, 6) is -0.304. The number of alkyl carbamates (subject to hydrolysis) is 1. The predicted octanol–water partition coefficient (Wildman–Crippen LogP) is 2.35. The average molecular weight is 259 g/mol. The molecule has 0 rings (SSSR count). The van der Waals surface area contributed by atoms with E-state index < -0.39 is 11.5 Å². The van der Waals surface area contributed by atoms with Crippen LogP contribution in [0.3, 0.4) is 0 Å². The van der Waals surface area contributed by atoms with E-state index in [1.807, 2.05) is 20.8 Å². The molecule has 0 saturated carbocycles. The minimum absolute atomic E-state index is 0.0116. The summed E-state index contributed by atoms with van der Waals surface area (Å²) in [5.41, 5.74) is -0.522. The molecule has 0 heterocycles. The van der Waals surface area contributed by atoms with Crippen LogP contribution in [-0.4, -0.2) is 31.8 Å². The third-order valence-corrected chi connectivity index (χ3v) is 1.93. The predicted molar refractivity (Wildman–Crippen MR) is 69.2 cm³/mol. The Kier molecular flexibility index (Phi) is 6.15. The molecule has 0 atom stereocenters. The fourth-order valence-corrected chi connectivity index (χ4v) is 0.874. The van der Waals surface area contributed by atoms with E-state index >= 15 is 0 Å². The molecule has 0 unspecified atom stereocenters.